The first-order valence-corrected chi connectivity index (χ1v) is 38.1. The van der Waals surface area contributed by atoms with Gasteiger partial charge in [0.25, 0.3) is 0 Å². The predicted molar refractivity (Wildman–Crippen MR) is 460 cm³/mol. The number of benzene rings is 17. The summed E-state index contributed by atoms with van der Waals surface area (Å²) in [6.07, 6.45) is 0. The van der Waals surface area contributed by atoms with Crippen LogP contribution in [0.4, 0.5) is 68.2 Å². The van der Waals surface area contributed by atoms with Gasteiger partial charge in [0.1, 0.15) is 22.3 Å². The van der Waals surface area contributed by atoms with Gasteiger partial charge in [-0.1, -0.05) is 237 Å². The van der Waals surface area contributed by atoms with Crippen LogP contribution in [0.1, 0.15) is 0 Å². The van der Waals surface area contributed by atoms with E-state index in [2.05, 4.69) is 396 Å². The van der Waals surface area contributed by atoms with Crippen molar-refractivity contribution in [2.45, 2.75) is 0 Å². The van der Waals surface area contributed by atoms with Gasteiger partial charge in [0, 0.05) is 110 Å². The molecule has 0 aliphatic rings. The molecule has 21 aromatic rings. The van der Waals surface area contributed by atoms with E-state index in [1.54, 1.807) is 0 Å². The highest BCUT2D eigenvalue weighted by Crippen LogP contribution is 2.53. The highest BCUT2D eigenvalue weighted by atomic mass is 32.1. The van der Waals surface area contributed by atoms with Crippen molar-refractivity contribution < 1.29 is 8.83 Å². The summed E-state index contributed by atoms with van der Waals surface area (Å²) in [5, 5.41) is 11.9. The van der Waals surface area contributed by atoms with Gasteiger partial charge in [-0.05, 0) is 185 Å². The quantitative estimate of drug-likeness (QED) is 0.108. The van der Waals surface area contributed by atoms with Crippen LogP contribution >= 0.6 is 22.7 Å². The van der Waals surface area contributed by atoms with Crippen molar-refractivity contribution in [1.29, 1.82) is 0 Å². The van der Waals surface area contributed by atoms with Gasteiger partial charge in [0.15, 0.2) is 0 Å². The number of thiophene rings is 2. The Kier molecular flexibility index (Phi) is 16.2. The summed E-state index contributed by atoms with van der Waals surface area (Å²) in [7, 11) is 0. The normalized spacial score (nSPS) is 11.5. The maximum atomic E-state index is 6.46. The molecule has 0 saturated heterocycles. The summed E-state index contributed by atoms with van der Waals surface area (Å²) >= 11 is 3.69. The lowest BCUT2D eigenvalue weighted by atomic mass is 10.0. The van der Waals surface area contributed by atoms with Crippen LogP contribution in [0.2, 0.25) is 0 Å². The van der Waals surface area contributed by atoms with Gasteiger partial charge in [0.2, 0.25) is 0 Å². The fraction of sp³-hybridized carbons (Fsp3) is 0. The summed E-state index contributed by atoms with van der Waals surface area (Å²) in [4.78, 5) is 9.52. The Morgan fingerprint density at radius 3 is 0.954 bits per heavy atom. The molecular weight excluding hydrogens is 1350 g/mol. The number of nitrogens with zero attached hydrogens (tertiary/aromatic N) is 4. The van der Waals surface area contributed by atoms with Crippen molar-refractivity contribution >= 4 is 186 Å². The Morgan fingerprint density at radius 2 is 0.500 bits per heavy atom. The molecule has 4 heterocycles. The van der Waals surface area contributed by atoms with E-state index in [0.717, 1.165) is 112 Å². The van der Waals surface area contributed by atoms with Crippen LogP contribution in [-0.2, 0) is 0 Å². The first kappa shape index (κ1) is 63.9. The third-order valence-electron chi connectivity index (χ3n) is 20.7. The van der Waals surface area contributed by atoms with E-state index in [1.807, 2.05) is 46.9 Å². The summed E-state index contributed by atoms with van der Waals surface area (Å²) in [6.45, 7) is 0. The summed E-state index contributed by atoms with van der Waals surface area (Å²) < 4.78 is 17.8. The SMILES string of the molecule is c1ccc(-c2ccc(N(c3ccc4c(c3)oc3ccccc34)c3cccc4c3sc3cccc(N(c5ccccc5)c5ccccc5)c34)cc2)cc1.c1ccc(N(c2ccccc2)c2cccc3sc4c(N(c5ccc(-c6ccc7ccccc7c6)cc5)c5ccc6c(c5)oc5ccccc56)cccc4c23)cc1. The Hall–Kier alpha value is -13.8. The number of furan rings is 2. The summed E-state index contributed by atoms with van der Waals surface area (Å²) in [5.74, 6) is 0. The standard InChI is InChI=1S/C52H34N2OS.C48H32N2OS/c1-3-15-39(16-4-1)53(40-17-5-2-6-18-40)46-21-12-24-50-51(46)45-20-11-22-47(52(45)56-50)54(42-31-32-44-43-19-9-10-23-48(43)55-49(44)34-42)41-29-27-36(28-30-41)38-26-25-35-13-7-8-14-37(35)33-38;1-4-14-33(15-5-1)34-26-28-37(29-27-34)50(38-30-31-40-39-20-10-11-24-44(39)51-45(40)32-38)43-23-12-21-41-47-42(22-13-25-46(47)52-48(41)43)49(35-16-6-2-7-17-35)36-18-8-3-9-19-36/h1-34H;1-32H. The molecule has 108 heavy (non-hydrogen) atoms. The van der Waals surface area contributed by atoms with Gasteiger partial charge in [-0.2, -0.15) is 0 Å². The Balaban J connectivity index is 0.000000143. The second-order valence-electron chi connectivity index (χ2n) is 27.1. The third kappa shape index (κ3) is 11.5. The molecule has 17 aromatic carbocycles. The van der Waals surface area contributed by atoms with Crippen molar-refractivity contribution in [1.82, 2.24) is 0 Å². The minimum absolute atomic E-state index is 0.869. The Bertz CT molecular complexity index is 6800. The Morgan fingerprint density at radius 1 is 0.185 bits per heavy atom. The van der Waals surface area contributed by atoms with Gasteiger partial charge >= 0.3 is 0 Å². The summed E-state index contributed by atoms with van der Waals surface area (Å²) in [6, 6.07) is 143. The fourth-order valence-corrected chi connectivity index (χ4v) is 18.1. The van der Waals surface area contributed by atoms with Crippen molar-refractivity contribution in [2.24, 2.45) is 0 Å². The average molecular weight is 1420 g/mol. The zero-order valence-corrected chi connectivity index (χ0v) is 60.2. The molecule has 0 spiro atoms. The van der Waals surface area contributed by atoms with E-state index in [9.17, 15) is 0 Å². The molecule has 0 radical (unpaired) electrons. The number of rotatable bonds is 14. The topological polar surface area (TPSA) is 39.2 Å². The number of para-hydroxylation sites is 6. The molecule has 8 heteroatoms. The van der Waals surface area contributed by atoms with E-state index in [0.29, 0.717) is 0 Å². The van der Waals surface area contributed by atoms with E-state index in [-0.39, 0.29) is 0 Å². The summed E-state index contributed by atoms with van der Waals surface area (Å²) in [5.41, 5.74) is 21.6. The smallest absolute Gasteiger partial charge is 0.137 e. The van der Waals surface area contributed by atoms with E-state index in [4.69, 9.17) is 8.83 Å². The van der Waals surface area contributed by atoms with Crippen molar-refractivity contribution in [2.75, 3.05) is 19.6 Å². The number of hydrogen-bond acceptors (Lipinski definition) is 8. The molecule has 0 atom stereocenters. The second kappa shape index (κ2) is 27.4. The van der Waals surface area contributed by atoms with Gasteiger partial charge in [-0.25, -0.2) is 0 Å². The number of hydrogen-bond donors (Lipinski definition) is 0. The highest BCUT2D eigenvalue weighted by Gasteiger charge is 2.26. The zero-order chi connectivity index (χ0) is 71.4. The van der Waals surface area contributed by atoms with Gasteiger partial charge < -0.3 is 28.4 Å². The largest absolute Gasteiger partial charge is 0.456 e. The molecule has 510 valence electrons. The first-order valence-electron chi connectivity index (χ1n) is 36.4. The van der Waals surface area contributed by atoms with Crippen LogP contribution in [0.25, 0.3) is 117 Å². The fourth-order valence-electron chi connectivity index (χ4n) is 15.7. The maximum Gasteiger partial charge on any atom is 0.137 e. The van der Waals surface area contributed by atoms with Crippen molar-refractivity contribution in [3.05, 3.63) is 400 Å². The van der Waals surface area contributed by atoms with Crippen LogP contribution in [0, 0.1) is 0 Å². The first-order chi connectivity index (χ1) is 53.6. The molecule has 0 bridgehead atoms. The zero-order valence-electron chi connectivity index (χ0n) is 58.5. The average Bonchev–Trinajstić information content (AvgIpc) is 1.62. The number of anilines is 12. The molecule has 0 N–H and O–H groups in total. The van der Waals surface area contributed by atoms with Crippen LogP contribution in [0.5, 0.6) is 0 Å². The van der Waals surface area contributed by atoms with Gasteiger partial charge in [-0.3, -0.25) is 0 Å². The third-order valence-corrected chi connectivity index (χ3v) is 23.0. The molecule has 6 nitrogen and oxygen atoms in total. The highest BCUT2D eigenvalue weighted by molar-refractivity contribution is 7.27. The van der Waals surface area contributed by atoms with E-state index >= 15 is 0 Å². The minimum Gasteiger partial charge on any atom is -0.456 e. The molecule has 0 aliphatic carbocycles. The van der Waals surface area contributed by atoms with Crippen LogP contribution in [0.3, 0.4) is 0 Å². The molecule has 0 aliphatic heterocycles. The van der Waals surface area contributed by atoms with Crippen molar-refractivity contribution in [3.8, 4) is 22.3 Å². The lowest BCUT2D eigenvalue weighted by Crippen LogP contribution is -2.10. The molecule has 4 aromatic heterocycles. The van der Waals surface area contributed by atoms with Crippen molar-refractivity contribution in [3.63, 3.8) is 0 Å². The molecule has 0 unspecified atom stereocenters. The van der Waals surface area contributed by atoms with Gasteiger partial charge in [-0.15, -0.1) is 22.7 Å². The Labute approximate surface area is 632 Å². The monoisotopic (exact) mass is 1420 g/mol. The second-order valence-corrected chi connectivity index (χ2v) is 29.2. The lowest BCUT2D eigenvalue weighted by molar-refractivity contribution is 0.668. The minimum atomic E-state index is 0.869. The van der Waals surface area contributed by atoms with E-state index in [1.165, 1.54) is 73.4 Å². The van der Waals surface area contributed by atoms with Crippen LogP contribution in [0.15, 0.2) is 409 Å². The van der Waals surface area contributed by atoms with Crippen LogP contribution in [-0.4, -0.2) is 0 Å². The molecule has 0 saturated carbocycles. The molecule has 0 amide bonds. The maximum absolute atomic E-state index is 6.46. The van der Waals surface area contributed by atoms with Gasteiger partial charge in [0.05, 0.1) is 32.1 Å². The predicted octanol–water partition coefficient (Wildman–Crippen LogP) is 30.3. The lowest BCUT2D eigenvalue weighted by Gasteiger charge is -2.27. The molecular formula is C100H66N4O2S2. The molecule has 21 rings (SSSR count). The van der Waals surface area contributed by atoms with Crippen LogP contribution < -0.4 is 19.6 Å². The molecule has 0 fully saturated rings. The van der Waals surface area contributed by atoms with E-state index < -0.39 is 0 Å². The number of fused-ring (bicyclic) bond motifs is 13.